The molecule has 1 aromatic rings. The van der Waals surface area contributed by atoms with E-state index in [-0.39, 0.29) is 11.7 Å². The molecule has 3 rings (SSSR count). The first-order chi connectivity index (χ1) is 10.0. The van der Waals surface area contributed by atoms with E-state index in [2.05, 4.69) is 22.6 Å². The van der Waals surface area contributed by atoms with Gasteiger partial charge in [0.15, 0.2) is 0 Å². The lowest BCUT2D eigenvalue weighted by Gasteiger charge is -2.36. The molecule has 2 aliphatic rings. The van der Waals surface area contributed by atoms with E-state index in [1.165, 1.54) is 18.9 Å². The fourth-order valence-electron chi connectivity index (χ4n) is 3.46. The summed E-state index contributed by atoms with van der Waals surface area (Å²) in [6.45, 7) is 0. The van der Waals surface area contributed by atoms with Gasteiger partial charge in [-0.25, -0.2) is 13.6 Å². The van der Waals surface area contributed by atoms with Crippen molar-refractivity contribution in [2.45, 2.75) is 43.8 Å². The lowest BCUT2D eigenvalue weighted by atomic mass is 9.98. The van der Waals surface area contributed by atoms with Gasteiger partial charge < -0.3 is 15.5 Å². The Labute approximate surface area is 122 Å². The normalized spacial score (nSPS) is 28.4. The SMILES string of the molecule is CN1[C@H]2CC[C@H]1CC(NC(=O)Nc1ccc(F)cc1F)C2. The van der Waals surface area contributed by atoms with Crippen molar-refractivity contribution in [3.63, 3.8) is 0 Å². The maximum absolute atomic E-state index is 13.5. The largest absolute Gasteiger partial charge is 0.335 e. The van der Waals surface area contributed by atoms with E-state index in [0.717, 1.165) is 25.0 Å². The first-order valence-electron chi connectivity index (χ1n) is 7.27. The molecule has 0 saturated carbocycles. The highest BCUT2D eigenvalue weighted by Gasteiger charge is 2.38. The molecule has 2 aliphatic heterocycles. The van der Waals surface area contributed by atoms with Crippen molar-refractivity contribution >= 4 is 11.7 Å². The van der Waals surface area contributed by atoms with E-state index in [0.29, 0.717) is 12.1 Å². The van der Waals surface area contributed by atoms with Crippen molar-refractivity contribution < 1.29 is 13.6 Å². The van der Waals surface area contributed by atoms with Crippen LogP contribution < -0.4 is 10.6 Å². The van der Waals surface area contributed by atoms with Crippen molar-refractivity contribution in [2.75, 3.05) is 12.4 Å². The van der Waals surface area contributed by atoms with E-state index in [9.17, 15) is 13.6 Å². The number of rotatable bonds is 2. The quantitative estimate of drug-likeness (QED) is 0.881. The van der Waals surface area contributed by atoms with Crippen LogP contribution in [-0.2, 0) is 0 Å². The number of piperidine rings is 1. The fourth-order valence-corrected chi connectivity index (χ4v) is 3.46. The van der Waals surface area contributed by atoms with E-state index < -0.39 is 17.7 Å². The summed E-state index contributed by atoms with van der Waals surface area (Å²) >= 11 is 0. The van der Waals surface area contributed by atoms with Crippen molar-refractivity contribution in [3.05, 3.63) is 29.8 Å². The molecule has 0 spiro atoms. The topological polar surface area (TPSA) is 44.4 Å². The van der Waals surface area contributed by atoms with Crippen LogP contribution in [-0.4, -0.2) is 36.1 Å². The Morgan fingerprint density at radius 3 is 2.52 bits per heavy atom. The molecule has 4 nitrogen and oxygen atoms in total. The number of urea groups is 1. The summed E-state index contributed by atoms with van der Waals surface area (Å²) < 4.78 is 26.3. The van der Waals surface area contributed by atoms with E-state index in [1.807, 2.05) is 0 Å². The maximum Gasteiger partial charge on any atom is 0.319 e. The van der Waals surface area contributed by atoms with Crippen molar-refractivity contribution in [1.82, 2.24) is 10.2 Å². The molecule has 114 valence electrons. The highest BCUT2D eigenvalue weighted by Crippen LogP contribution is 2.34. The highest BCUT2D eigenvalue weighted by molar-refractivity contribution is 5.89. The number of hydrogen-bond donors (Lipinski definition) is 2. The van der Waals surface area contributed by atoms with Crippen LogP contribution in [0.3, 0.4) is 0 Å². The number of nitrogens with one attached hydrogen (secondary N) is 2. The van der Waals surface area contributed by atoms with Crippen LogP contribution in [0.5, 0.6) is 0 Å². The zero-order valence-corrected chi connectivity index (χ0v) is 11.9. The fraction of sp³-hybridized carbons (Fsp3) is 0.533. The van der Waals surface area contributed by atoms with Gasteiger partial charge in [-0.15, -0.1) is 0 Å². The van der Waals surface area contributed by atoms with Crippen molar-refractivity contribution in [2.24, 2.45) is 0 Å². The second-order valence-corrected chi connectivity index (χ2v) is 5.94. The predicted molar refractivity (Wildman–Crippen MR) is 76.1 cm³/mol. The Morgan fingerprint density at radius 1 is 1.24 bits per heavy atom. The third-order valence-electron chi connectivity index (χ3n) is 4.61. The van der Waals surface area contributed by atoms with Gasteiger partial charge in [0.2, 0.25) is 0 Å². The highest BCUT2D eigenvalue weighted by atomic mass is 19.1. The van der Waals surface area contributed by atoms with Gasteiger partial charge in [0.1, 0.15) is 11.6 Å². The summed E-state index contributed by atoms with van der Waals surface area (Å²) in [6, 6.07) is 3.83. The molecule has 0 unspecified atom stereocenters. The standard InChI is InChI=1S/C15H19F2N3O/c1-20-11-3-4-12(20)8-10(7-11)18-15(21)19-14-5-2-9(16)6-13(14)17/h2,5-6,10-12H,3-4,7-8H2,1H3,(H2,18,19,21)/t11-,12-/m0/s1. The molecule has 2 N–H and O–H groups in total. The van der Waals surface area contributed by atoms with Gasteiger partial charge in [-0.05, 0) is 44.9 Å². The minimum atomic E-state index is -0.770. The number of halogens is 2. The number of carbonyl (C=O) groups is 1. The van der Waals surface area contributed by atoms with E-state index >= 15 is 0 Å². The van der Waals surface area contributed by atoms with Crippen molar-refractivity contribution in [1.29, 1.82) is 0 Å². The van der Waals surface area contributed by atoms with Gasteiger partial charge in [0.25, 0.3) is 0 Å². The molecule has 0 radical (unpaired) electrons. The van der Waals surface area contributed by atoms with Crippen LogP contribution in [0.25, 0.3) is 0 Å². The Morgan fingerprint density at radius 2 is 1.90 bits per heavy atom. The van der Waals surface area contributed by atoms with Crippen LogP contribution in [0, 0.1) is 11.6 Å². The summed E-state index contributed by atoms with van der Waals surface area (Å²) in [5.41, 5.74) is -0.00944. The molecule has 2 fully saturated rings. The Kier molecular flexibility index (Phi) is 3.80. The number of benzene rings is 1. The van der Waals surface area contributed by atoms with Gasteiger partial charge in [0, 0.05) is 24.2 Å². The minimum absolute atomic E-state index is 0.00944. The molecular formula is C15H19F2N3O. The third-order valence-corrected chi connectivity index (χ3v) is 4.61. The molecule has 0 aromatic heterocycles. The molecule has 6 heteroatoms. The van der Waals surface area contributed by atoms with Gasteiger partial charge in [-0.2, -0.15) is 0 Å². The molecule has 1 aromatic carbocycles. The van der Waals surface area contributed by atoms with Gasteiger partial charge >= 0.3 is 6.03 Å². The minimum Gasteiger partial charge on any atom is -0.335 e. The Hall–Kier alpha value is -1.69. The molecule has 21 heavy (non-hydrogen) atoms. The Balaban J connectivity index is 1.57. The lowest BCUT2D eigenvalue weighted by Crippen LogP contribution is -2.49. The summed E-state index contributed by atoms with van der Waals surface area (Å²) in [4.78, 5) is 14.3. The molecule has 2 atom stereocenters. The zero-order chi connectivity index (χ0) is 15.0. The summed E-state index contributed by atoms with van der Waals surface area (Å²) in [5.74, 6) is -1.43. The number of amides is 2. The predicted octanol–water partition coefficient (Wildman–Crippen LogP) is 2.71. The van der Waals surface area contributed by atoms with Gasteiger partial charge in [0.05, 0.1) is 5.69 Å². The number of nitrogens with zero attached hydrogens (tertiary/aromatic N) is 1. The van der Waals surface area contributed by atoms with Crippen LogP contribution in [0.1, 0.15) is 25.7 Å². The van der Waals surface area contributed by atoms with Gasteiger partial charge in [-0.1, -0.05) is 0 Å². The van der Waals surface area contributed by atoms with E-state index in [1.54, 1.807) is 0 Å². The van der Waals surface area contributed by atoms with Crippen molar-refractivity contribution in [3.8, 4) is 0 Å². The smallest absolute Gasteiger partial charge is 0.319 e. The second kappa shape index (κ2) is 5.60. The first-order valence-corrected chi connectivity index (χ1v) is 7.27. The lowest BCUT2D eigenvalue weighted by molar-refractivity contribution is 0.151. The zero-order valence-electron chi connectivity index (χ0n) is 11.9. The average Bonchev–Trinajstić information content (AvgIpc) is 2.64. The molecule has 2 heterocycles. The summed E-state index contributed by atoms with van der Waals surface area (Å²) in [5, 5.41) is 5.33. The first kappa shape index (κ1) is 14.3. The van der Waals surface area contributed by atoms with Crippen LogP contribution >= 0.6 is 0 Å². The summed E-state index contributed by atoms with van der Waals surface area (Å²) in [7, 11) is 2.13. The molecule has 2 bridgehead atoms. The number of anilines is 1. The average molecular weight is 295 g/mol. The molecule has 2 saturated heterocycles. The number of fused-ring (bicyclic) bond motifs is 2. The number of hydrogen-bond acceptors (Lipinski definition) is 2. The maximum atomic E-state index is 13.5. The monoisotopic (exact) mass is 295 g/mol. The molecular weight excluding hydrogens is 276 g/mol. The second-order valence-electron chi connectivity index (χ2n) is 5.94. The van der Waals surface area contributed by atoms with Gasteiger partial charge in [-0.3, -0.25) is 0 Å². The molecule has 2 amide bonds. The Bertz CT molecular complexity index is 538. The summed E-state index contributed by atoms with van der Waals surface area (Å²) in [6.07, 6.45) is 4.19. The van der Waals surface area contributed by atoms with Crippen LogP contribution in [0.15, 0.2) is 18.2 Å². The van der Waals surface area contributed by atoms with Crippen LogP contribution in [0.4, 0.5) is 19.3 Å². The van der Waals surface area contributed by atoms with E-state index in [4.69, 9.17) is 0 Å². The third kappa shape index (κ3) is 3.00. The number of carbonyl (C=O) groups excluding carboxylic acids is 1. The van der Waals surface area contributed by atoms with Crippen LogP contribution in [0.2, 0.25) is 0 Å². The molecule has 0 aliphatic carbocycles.